The van der Waals surface area contributed by atoms with Crippen LogP contribution in [0.15, 0.2) is 64.8 Å². The predicted octanol–water partition coefficient (Wildman–Crippen LogP) is 3.05. The number of carboxylic acids is 1. The van der Waals surface area contributed by atoms with Crippen LogP contribution in [-0.2, 0) is 4.79 Å². The van der Waals surface area contributed by atoms with Gasteiger partial charge >= 0.3 is 5.97 Å². The van der Waals surface area contributed by atoms with E-state index in [0.717, 1.165) is 6.08 Å². The molecule has 0 radical (unpaired) electrons. The Labute approximate surface area is 170 Å². The summed E-state index contributed by atoms with van der Waals surface area (Å²) in [5.41, 5.74) is 9.07. The molecule has 0 aliphatic heterocycles. The number of allylic oxidation sites excluding steroid dienone is 3. The monoisotopic (exact) mass is 397 g/mol. The first-order valence-electron chi connectivity index (χ1n) is 9.19. The van der Waals surface area contributed by atoms with Crippen LogP contribution in [-0.4, -0.2) is 33.4 Å². The van der Waals surface area contributed by atoms with Gasteiger partial charge in [-0.05, 0) is 67.8 Å². The van der Waals surface area contributed by atoms with Crippen molar-refractivity contribution in [3.05, 3.63) is 65.3 Å². The molecular formula is C22H27N3O4. The molecule has 1 aromatic carbocycles. The Balaban J connectivity index is 2.24. The first-order chi connectivity index (χ1) is 13.4. The minimum Gasteiger partial charge on any atom is -0.478 e. The van der Waals surface area contributed by atoms with E-state index in [2.05, 4.69) is 10.5 Å². The Morgan fingerprint density at radius 1 is 1.24 bits per heavy atom. The second-order valence-electron chi connectivity index (χ2n) is 7.88. The molecule has 0 saturated carbocycles. The van der Waals surface area contributed by atoms with Crippen LogP contribution in [0.5, 0.6) is 0 Å². The van der Waals surface area contributed by atoms with E-state index >= 15 is 0 Å². The van der Waals surface area contributed by atoms with Crippen molar-refractivity contribution in [2.24, 2.45) is 10.5 Å². The Hall–Kier alpha value is -3.19. The molecule has 0 aromatic heterocycles. The van der Waals surface area contributed by atoms with Gasteiger partial charge in [0.25, 0.3) is 5.91 Å². The number of amides is 1. The Morgan fingerprint density at radius 3 is 2.41 bits per heavy atom. The van der Waals surface area contributed by atoms with E-state index in [4.69, 9.17) is 10.8 Å². The minimum atomic E-state index is -1.28. The van der Waals surface area contributed by atoms with Crippen LogP contribution in [0.2, 0.25) is 0 Å². The van der Waals surface area contributed by atoms with E-state index in [9.17, 15) is 14.7 Å². The van der Waals surface area contributed by atoms with Crippen molar-refractivity contribution in [3.63, 3.8) is 0 Å². The van der Waals surface area contributed by atoms with Crippen molar-refractivity contribution in [1.82, 2.24) is 5.43 Å². The molecule has 1 aliphatic rings. The Bertz CT molecular complexity index is 924. The largest absolute Gasteiger partial charge is 0.478 e. The second kappa shape index (κ2) is 8.45. The number of nitrogens with one attached hydrogen (secondary N) is 1. The van der Waals surface area contributed by atoms with Gasteiger partial charge in [0.15, 0.2) is 0 Å². The van der Waals surface area contributed by atoms with Crippen molar-refractivity contribution in [1.29, 1.82) is 0 Å². The lowest BCUT2D eigenvalue weighted by Gasteiger charge is -2.44. The van der Waals surface area contributed by atoms with Crippen molar-refractivity contribution < 1.29 is 19.8 Å². The molecular weight excluding hydrogens is 370 g/mol. The van der Waals surface area contributed by atoms with Crippen LogP contribution in [0.4, 0.5) is 5.69 Å². The van der Waals surface area contributed by atoms with Gasteiger partial charge in [0, 0.05) is 22.7 Å². The van der Waals surface area contributed by atoms with Crippen LogP contribution in [0.25, 0.3) is 0 Å². The van der Waals surface area contributed by atoms with E-state index in [1.807, 2.05) is 13.8 Å². The van der Waals surface area contributed by atoms with Crippen molar-refractivity contribution >= 4 is 23.3 Å². The maximum atomic E-state index is 12.2. The van der Waals surface area contributed by atoms with Crippen LogP contribution < -0.4 is 11.2 Å². The summed E-state index contributed by atoms with van der Waals surface area (Å²) in [6.45, 7) is 7.21. The van der Waals surface area contributed by atoms with E-state index in [1.54, 1.807) is 56.3 Å². The third-order valence-corrected chi connectivity index (χ3v) is 5.05. The molecule has 1 aliphatic carbocycles. The van der Waals surface area contributed by atoms with Crippen molar-refractivity contribution in [2.45, 2.75) is 39.7 Å². The maximum absolute atomic E-state index is 12.2. The molecule has 7 heteroatoms. The lowest BCUT2D eigenvalue weighted by molar-refractivity contribution is -0.131. The lowest BCUT2D eigenvalue weighted by atomic mass is 9.64. The minimum absolute atomic E-state index is 0.350. The average molecular weight is 397 g/mol. The third-order valence-electron chi connectivity index (χ3n) is 5.05. The summed E-state index contributed by atoms with van der Waals surface area (Å²) in [5, 5.41) is 24.3. The number of anilines is 1. The average Bonchev–Trinajstić information content (AvgIpc) is 2.62. The van der Waals surface area contributed by atoms with Gasteiger partial charge in [0.2, 0.25) is 0 Å². The van der Waals surface area contributed by atoms with Gasteiger partial charge in [-0.2, -0.15) is 5.10 Å². The predicted molar refractivity (Wildman–Crippen MR) is 113 cm³/mol. The van der Waals surface area contributed by atoms with E-state index in [-0.39, 0.29) is 5.91 Å². The fourth-order valence-corrected chi connectivity index (χ4v) is 3.28. The summed E-state index contributed by atoms with van der Waals surface area (Å²) in [7, 11) is 0. The number of nitrogen functional groups attached to an aromatic ring is 1. The molecule has 0 bridgehead atoms. The SMILES string of the molecule is CC1=C/C(=N/NC(=O)c2ccc(N)cc2)CC(C)(C)C1(O)/C=C/C(C)=C\C(=O)O. The molecule has 0 saturated heterocycles. The highest BCUT2D eigenvalue weighted by atomic mass is 16.4. The molecule has 0 spiro atoms. The van der Waals surface area contributed by atoms with Crippen LogP contribution in [0, 0.1) is 5.41 Å². The summed E-state index contributed by atoms with van der Waals surface area (Å²) < 4.78 is 0. The van der Waals surface area contributed by atoms with Gasteiger partial charge < -0.3 is 15.9 Å². The third kappa shape index (κ3) is 5.20. The van der Waals surface area contributed by atoms with Crippen molar-refractivity contribution in [2.75, 3.05) is 5.73 Å². The van der Waals surface area contributed by atoms with Gasteiger partial charge in [0.05, 0.1) is 5.71 Å². The molecule has 29 heavy (non-hydrogen) atoms. The van der Waals surface area contributed by atoms with Gasteiger partial charge in [-0.1, -0.05) is 19.9 Å². The Kier molecular flexibility index (Phi) is 6.44. The van der Waals surface area contributed by atoms with Crippen LogP contribution in [0.1, 0.15) is 44.5 Å². The number of carbonyl (C=O) groups is 2. The second-order valence-corrected chi connectivity index (χ2v) is 7.88. The summed E-state index contributed by atoms with van der Waals surface area (Å²) in [6.07, 6.45) is 6.42. The summed E-state index contributed by atoms with van der Waals surface area (Å²) >= 11 is 0. The number of carbonyl (C=O) groups excluding carboxylic acids is 1. The van der Waals surface area contributed by atoms with Gasteiger partial charge in [0.1, 0.15) is 5.60 Å². The molecule has 1 atom stereocenters. The van der Waals surface area contributed by atoms with Gasteiger partial charge in [-0.15, -0.1) is 0 Å². The number of hydrogen-bond donors (Lipinski definition) is 4. The van der Waals surface area contributed by atoms with E-state index in [1.165, 1.54) is 0 Å². The fraction of sp³-hybridized carbons (Fsp3) is 0.318. The highest BCUT2D eigenvalue weighted by Gasteiger charge is 2.46. The van der Waals surface area contributed by atoms with Crippen LogP contribution >= 0.6 is 0 Å². The quantitative estimate of drug-likeness (QED) is 0.263. The lowest BCUT2D eigenvalue weighted by Crippen LogP contribution is -2.48. The molecule has 7 nitrogen and oxygen atoms in total. The van der Waals surface area contributed by atoms with Gasteiger partial charge in [-0.25, -0.2) is 10.2 Å². The van der Waals surface area contributed by atoms with E-state index in [0.29, 0.717) is 34.5 Å². The number of hydrogen-bond acceptors (Lipinski definition) is 5. The maximum Gasteiger partial charge on any atom is 0.328 e. The number of nitrogens with zero attached hydrogens (tertiary/aromatic N) is 1. The van der Waals surface area contributed by atoms with E-state index < -0.39 is 17.0 Å². The number of rotatable bonds is 5. The molecule has 2 rings (SSSR count). The molecule has 5 N–H and O–H groups in total. The zero-order valence-corrected chi connectivity index (χ0v) is 17.1. The number of nitrogens with two attached hydrogens (primary N) is 1. The first-order valence-corrected chi connectivity index (χ1v) is 9.19. The normalized spacial score (nSPS) is 23.1. The standard InChI is InChI=1S/C22H27N3O4/c1-14(11-19(26)27)9-10-22(29)15(2)12-18(13-21(22,3)4)24-25-20(28)16-5-7-17(23)8-6-16/h5-12,29H,13,23H2,1-4H3,(H,25,28)(H,26,27)/b10-9+,14-11-,24-18-. The number of benzene rings is 1. The first kappa shape index (κ1) is 22.1. The highest BCUT2D eigenvalue weighted by molar-refractivity contribution is 6.00. The smallest absolute Gasteiger partial charge is 0.328 e. The summed E-state index contributed by atoms with van der Waals surface area (Å²) in [5.74, 6) is -1.39. The molecule has 0 fully saturated rings. The zero-order chi connectivity index (χ0) is 21.8. The topological polar surface area (TPSA) is 125 Å². The number of hydrazone groups is 1. The Morgan fingerprint density at radius 2 is 1.86 bits per heavy atom. The fourth-order valence-electron chi connectivity index (χ4n) is 3.28. The van der Waals surface area contributed by atoms with Gasteiger partial charge in [-0.3, -0.25) is 4.79 Å². The highest BCUT2D eigenvalue weighted by Crippen LogP contribution is 2.44. The molecule has 0 heterocycles. The molecule has 1 unspecified atom stereocenters. The summed E-state index contributed by atoms with van der Waals surface area (Å²) in [6, 6.07) is 6.52. The number of carboxylic acid groups (broad SMARTS) is 1. The van der Waals surface area contributed by atoms with Crippen LogP contribution in [0.3, 0.4) is 0 Å². The zero-order valence-electron chi connectivity index (χ0n) is 17.1. The molecule has 154 valence electrons. The number of aliphatic carboxylic acids is 1. The molecule has 1 aromatic rings. The number of aliphatic hydroxyl groups is 1. The van der Waals surface area contributed by atoms with Crippen molar-refractivity contribution in [3.8, 4) is 0 Å². The molecule has 1 amide bonds. The summed E-state index contributed by atoms with van der Waals surface area (Å²) in [4.78, 5) is 23.0.